The highest BCUT2D eigenvalue weighted by Crippen LogP contribution is 2.29. The van der Waals surface area contributed by atoms with Crippen LogP contribution in [0.5, 0.6) is 5.75 Å². The molecular weight excluding hydrogens is 374 g/mol. The lowest BCUT2D eigenvalue weighted by atomic mass is 10.0. The number of aromatic nitrogens is 4. The Morgan fingerprint density at radius 3 is 2.86 bits per heavy atom. The zero-order valence-corrected chi connectivity index (χ0v) is 14.3. The molecule has 0 spiro atoms. The van der Waals surface area contributed by atoms with Gasteiger partial charge in [-0.25, -0.2) is 14.3 Å². The van der Waals surface area contributed by atoms with Crippen LogP contribution in [0.2, 0.25) is 0 Å². The van der Waals surface area contributed by atoms with Gasteiger partial charge in [-0.1, -0.05) is 6.07 Å². The summed E-state index contributed by atoms with van der Waals surface area (Å²) in [6.07, 6.45) is 4.21. The number of alkyl halides is 2. The summed E-state index contributed by atoms with van der Waals surface area (Å²) in [4.78, 5) is 31.1. The minimum Gasteiger partial charge on any atom is -0.483 e. The number of ether oxygens (including phenoxy) is 1. The van der Waals surface area contributed by atoms with Crippen molar-refractivity contribution in [2.45, 2.75) is 11.8 Å². The van der Waals surface area contributed by atoms with Crippen molar-refractivity contribution >= 4 is 17.6 Å². The summed E-state index contributed by atoms with van der Waals surface area (Å²) in [5.74, 6) is -4.62. The van der Waals surface area contributed by atoms with Gasteiger partial charge in [-0.15, -0.1) is 0 Å². The lowest BCUT2D eigenvalue weighted by molar-refractivity contribution is -0.122. The second-order valence-corrected chi connectivity index (χ2v) is 6.09. The molecule has 9 nitrogen and oxygen atoms in total. The highest BCUT2D eigenvalue weighted by molar-refractivity contribution is 6.00. The Morgan fingerprint density at radius 2 is 2.11 bits per heavy atom. The molecule has 1 aliphatic rings. The average molecular weight is 388 g/mol. The second-order valence-electron chi connectivity index (χ2n) is 6.09. The first-order chi connectivity index (χ1) is 13.4. The van der Waals surface area contributed by atoms with E-state index in [0.717, 1.165) is 0 Å². The number of fused-ring (bicyclic) bond motifs is 1. The lowest BCUT2D eigenvalue weighted by Gasteiger charge is -2.22. The van der Waals surface area contributed by atoms with Crippen molar-refractivity contribution in [2.75, 3.05) is 13.2 Å². The van der Waals surface area contributed by atoms with Crippen molar-refractivity contribution in [2.24, 2.45) is 0 Å². The van der Waals surface area contributed by atoms with E-state index in [2.05, 4.69) is 25.7 Å². The molecule has 28 heavy (non-hydrogen) atoms. The molecule has 1 unspecified atom stereocenters. The molecule has 11 heteroatoms. The van der Waals surface area contributed by atoms with E-state index >= 15 is 0 Å². The molecule has 1 fully saturated rings. The summed E-state index contributed by atoms with van der Waals surface area (Å²) < 4.78 is 35.5. The first kappa shape index (κ1) is 17.8. The first-order valence-corrected chi connectivity index (χ1v) is 8.29. The number of nitrogens with zero attached hydrogens (tertiary/aromatic N) is 4. The second kappa shape index (κ2) is 6.83. The van der Waals surface area contributed by atoms with Gasteiger partial charge in [0.2, 0.25) is 5.91 Å². The number of nitrogens with one attached hydrogen (secondary N) is 2. The fourth-order valence-corrected chi connectivity index (χ4v) is 2.77. The van der Waals surface area contributed by atoms with Crippen LogP contribution in [0.25, 0.3) is 5.65 Å². The van der Waals surface area contributed by atoms with Crippen molar-refractivity contribution in [1.29, 1.82) is 0 Å². The van der Waals surface area contributed by atoms with E-state index in [9.17, 15) is 18.4 Å². The summed E-state index contributed by atoms with van der Waals surface area (Å²) in [6.45, 7) is -0.939. The quantitative estimate of drug-likeness (QED) is 0.680. The zero-order chi connectivity index (χ0) is 19.7. The van der Waals surface area contributed by atoms with Crippen LogP contribution in [0, 0.1) is 0 Å². The Kier molecular flexibility index (Phi) is 4.34. The fraction of sp³-hybridized carbons (Fsp3) is 0.235. The molecule has 4 heterocycles. The molecule has 2 N–H and O–H groups in total. The van der Waals surface area contributed by atoms with Gasteiger partial charge in [0.25, 0.3) is 0 Å². The van der Waals surface area contributed by atoms with Crippen LogP contribution in [-0.2, 0) is 10.7 Å². The largest absolute Gasteiger partial charge is 0.483 e. The minimum absolute atomic E-state index is 0.0292. The number of carbonyl (C=O) groups is 2. The van der Waals surface area contributed by atoms with Crippen molar-refractivity contribution in [3.63, 3.8) is 0 Å². The average Bonchev–Trinajstić information content (AvgIpc) is 3.15. The van der Waals surface area contributed by atoms with Gasteiger partial charge >= 0.3 is 12.0 Å². The van der Waals surface area contributed by atoms with Crippen LogP contribution in [0.1, 0.15) is 17.3 Å². The molecule has 0 aliphatic carbocycles. The van der Waals surface area contributed by atoms with Crippen molar-refractivity contribution < 1.29 is 23.1 Å². The lowest BCUT2D eigenvalue weighted by Crippen LogP contribution is -2.51. The van der Waals surface area contributed by atoms with Crippen LogP contribution in [0.15, 0.2) is 42.9 Å². The Bertz CT molecular complexity index is 1040. The predicted molar refractivity (Wildman–Crippen MR) is 90.9 cm³/mol. The number of amides is 3. The molecule has 1 atom stereocenters. The standard InChI is InChI=1S/C17H14F2N6O3/c18-17(19,13-3-1-2-4-20-13)9-28-12-7-11(24-25-6-5-21-14(12)25)10-8-22-16(27)23-15(10)26/h1-7,10H,8-9H2,(H2,22,23,26,27). The molecule has 144 valence electrons. The summed E-state index contributed by atoms with van der Waals surface area (Å²) in [5, 5.41) is 8.90. The van der Waals surface area contributed by atoms with Crippen molar-refractivity contribution in [3.05, 3.63) is 54.2 Å². The van der Waals surface area contributed by atoms with Crippen molar-refractivity contribution in [1.82, 2.24) is 30.2 Å². The molecule has 1 saturated heterocycles. The molecule has 0 bridgehead atoms. The summed E-state index contributed by atoms with van der Waals surface area (Å²) in [7, 11) is 0. The number of imidazole rings is 1. The third-order valence-corrected chi connectivity index (χ3v) is 4.17. The van der Waals surface area contributed by atoms with Crippen LogP contribution in [0.3, 0.4) is 0 Å². The van der Waals surface area contributed by atoms with Crippen LogP contribution >= 0.6 is 0 Å². The van der Waals surface area contributed by atoms with Gasteiger partial charge in [0.1, 0.15) is 5.69 Å². The minimum atomic E-state index is -3.33. The summed E-state index contributed by atoms with van der Waals surface area (Å²) in [6, 6.07) is 4.98. The number of imide groups is 1. The van der Waals surface area contributed by atoms with Gasteiger partial charge in [0, 0.05) is 31.2 Å². The molecule has 3 amide bonds. The van der Waals surface area contributed by atoms with Crippen LogP contribution in [-0.4, -0.2) is 44.7 Å². The number of rotatable bonds is 5. The highest BCUT2D eigenvalue weighted by atomic mass is 19.3. The Balaban J connectivity index is 1.62. The Hall–Kier alpha value is -3.63. The number of halogens is 2. The van der Waals surface area contributed by atoms with Gasteiger partial charge in [0.05, 0.1) is 11.6 Å². The van der Waals surface area contributed by atoms with E-state index in [-0.39, 0.29) is 23.6 Å². The van der Waals surface area contributed by atoms with Gasteiger partial charge in [-0.05, 0) is 12.1 Å². The third-order valence-electron chi connectivity index (χ3n) is 4.17. The number of urea groups is 1. The number of carbonyl (C=O) groups excluding carboxylic acids is 2. The summed E-state index contributed by atoms with van der Waals surface area (Å²) in [5.41, 5.74) is 0.0537. The fourth-order valence-electron chi connectivity index (χ4n) is 2.77. The normalized spacial score (nSPS) is 17.3. The van der Waals surface area contributed by atoms with Crippen LogP contribution in [0.4, 0.5) is 13.6 Å². The molecule has 0 aromatic carbocycles. The number of hydrogen-bond donors (Lipinski definition) is 2. The third kappa shape index (κ3) is 3.33. The van der Waals surface area contributed by atoms with E-state index in [0.29, 0.717) is 0 Å². The highest BCUT2D eigenvalue weighted by Gasteiger charge is 2.35. The monoisotopic (exact) mass is 388 g/mol. The van der Waals surface area contributed by atoms with E-state index < -0.39 is 36.1 Å². The van der Waals surface area contributed by atoms with Crippen molar-refractivity contribution in [3.8, 4) is 5.75 Å². The zero-order valence-electron chi connectivity index (χ0n) is 14.3. The molecular formula is C17H14F2N6O3. The summed E-state index contributed by atoms with van der Waals surface area (Å²) >= 11 is 0. The molecule has 0 radical (unpaired) electrons. The van der Waals surface area contributed by atoms with Gasteiger partial charge < -0.3 is 10.1 Å². The van der Waals surface area contributed by atoms with E-state index in [1.807, 2.05) is 0 Å². The van der Waals surface area contributed by atoms with Gasteiger partial charge in [-0.3, -0.25) is 15.1 Å². The Morgan fingerprint density at radius 1 is 1.25 bits per heavy atom. The maximum Gasteiger partial charge on any atom is 0.322 e. The maximum absolute atomic E-state index is 14.4. The van der Waals surface area contributed by atoms with Gasteiger partial charge in [0.15, 0.2) is 18.0 Å². The molecule has 1 aliphatic heterocycles. The van der Waals surface area contributed by atoms with E-state index in [1.54, 1.807) is 0 Å². The maximum atomic E-state index is 14.4. The Labute approximate surface area is 156 Å². The van der Waals surface area contributed by atoms with E-state index in [4.69, 9.17) is 4.74 Å². The molecule has 4 rings (SSSR count). The molecule has 3 aromatic heterocycles. The number of pyridine rings is 1. The predicted octanol–water partition coefficient (Wildman–Crippen LogP) is 1.22. The SMILES string of the molecule is O=C1NCC(c2cc(OCC(F)(F)c3ccccn3)c3nccn3n2)C(=O)N1. The smallest absolute Gasteiger partial charge is 0.322 e. The van der Waals surface area contributed by atoms with Gasteiger partial charge in [-0.2, -0.15) is 13.9 Å². The van der Waals surface area contributed by atoms with E-state index in [1.165, 1.54) is 47.4 Å². The topological polar surface area (TPSA) is 111 Å². The number of hydrogen-bond acceptors (Lipinski definition) is 6. The molecule has 3 aromatic rings. The van der Waals surface area contributed by atoms with Crippen LogP contribution < -0.4 is 15.4 Å². The first-order valence-electron chi connectivity index (χ1n) is 8.29. The molecule has 0 saturated carbocycles.